The van der Waals surface area contributed by atoms with Crippen molar-refractivity contribution >= 4 is 5.97 Å². The number of hydrogen-bond donors (Lipinski definition) is 0. The Kier molecular flexibility index (Phi) is 7.27. The van der Waals surface area contributed by atoms with E-state index in [0.717, 1.165) is 0 Å². The molecule has 0 atom stereocenters. The molecule has 32 heavy (non-hydrogen) atoms. The molecule has 0 rings (SSSR count). The van der Waals surface area contributed by atoms with Gasteiger partial charge in [-0.15, -0.1) is 0 Å². The Labute approximate surface area is 162 Å². The van der Waals surface area contributed by atoms with Crippen molar-refractivity contribution in [1.29, 1.82) is 0 Å². The predicted molar refractivity (Wildman–Crippen MR) is 61.9 cm³/mol. The van der Waals surface area contributed by atoms with Crippen LogP contribution in [0.1, 0.15) is 0 Å². The Morgan fingerprint density at radius 2 is 0.781 bits per heavy atom. The van der Waals surface area contributed by atoms with Crippen molar-refractivity contribution in [3.63, 3.8) is 0 Å². The van der Waals surface area contributed by atoms with E-state index in [2.05, 4.69) is 11.3 Å². The summed E-state index contributed by atoms with van der Waals surface area (Å²) in [5.41, 5.74) is -16.7. The van der Waals surface area contributed by atoms with Crippen molar-refractivity contribution in [3.8, 4) is 0 Å². The number of halogens is 18. The molecule has 0 fully saturated rings. The first kappa shape index (κ1) is 29.9. The number of esters is 1. The van der Waals surface area contributed by atoms with Gasteiger partial charge in [-0.3, -0.25) is 0 Å². The highest BCUT2D eigenvalue weighted by Crippen LogP contribution is 2.62. The number of carbonyl (C=O) groups excluding carboxylic acids is 1. The number of hydrogen-bond acceptors (Lipinski definition) is 2. The standard InChI is InChI=1S/C12H4F18O2/c1-2-3(31)32-4(5(13,14)7(17,9(19,20)21)10(22,23)24)6(15,16)8(18,11(25,26)27)12(28,29)30/h2,4H,1H2. The van der Waals surface area contributed by atoms with E-state index in [-0.39, 0.29) is 0 Å². The fraction of sp³-hybridized carbons (Fsp3) is 0.750. The lowest BCUT2D eigenvalue weighted by molar-refractivity contribution is -0.446. The summed E-state index contributed by atoms with van der Waals surface area (Å²) in [5, 5.41) is 0. The van der Waals surface area contributed by atoms with Gasteiger partial charge < -0.3 is 4.74 Å². The van der Waals surface area contributed by atoms with E-state index in [9.17, 15) is 83.8 Å². The Balaban J connectivity index is 7.53. The molecule has 0 aliphatic rings. The van der Waals surface area contributed by atoms with Gasteiger partial charge in [0.25, 0.3) is 0 Å². The van der Waals surface area contributed by atoms with Gasteiger partial charge >= 0.3 is 53.9 Å². The molecule has 0 radical (unpaired) electrons. The van der Waals surface area contributed by atoms with Gasteiger partial charge in [-0.1, -0.05) is 6.58 Å². The van der Waals surface area contributed by atoms with Gasteiger partial charge in [0.2, 0.25) is 6.10 Å². The number of carbonyl (C=O) groups is 1. The second-order valence-corrected chi connectivity index (χ2v) is 5.57. The second kappa shape index (κ2) is 7.77. The van der Waals surface area contributed by atoms with Crippen molar-refractivity contribution in [1.82, 2.24) is 0 Å². The Morgan fingerprint density at radius 1 is 0.562 bits per heavy atom. The maximum absolute atomic E-state index is 13.9. The van der Waals surface area contributed by atoms with Crippen LogP contribution >= 0.6 is 0 Å². The molecule has 0 aliphatic carbocycles. The molecule has 0 aromatic heterocycles. The lowest BCUT2D eigenvalue weighted by Gasteiger charge is -2.45. The Bertz CT molecular complexity index is 629. The third kappa shape index (κ3) is 4.15. The summed E-state index contributed by atoms with van der Waals surface area (Å²) in [6, 6.07) is 0. The molecule has 0 aromatic carbocycles. The van der Waals surface area contributed by atoms with Crippen LogP contribution in [0.25, 0.3) is 0 Å². The van der Waals surface area contributed by atoms with Crippen molar-refractivity contribution in [2.24, 2.45) is 0 Å². The summed E-state index contributed by atoms with van der Waals surface area (Å²) < 4.78 is 236. The van der Waals surface area contributed by atoms with E-state index in [0.29, 0.717) is 0 Å². The Hall–Kier alpha value is -2.05. The first-order chi connectivity index (χ1) is 13.6. The molecule has 0 N–H and O–H groups in total. The van der Waals surface area contributed by atoms with Crippen LogP contribution in [-0.2, 0) is 9.53 Å². The second-order valence-electron chi connectivity index (χ2n) is 5.57. The number of alkyl halides is 18. The zero-order valence-corrected chi connectivity index (χ0v) is 14.0. The summed E-state index contributed by atoms with van der Waals surface area (Å²) in [6.45, 7) is 2.16. The number of ether oxygens (including phenoxy) is 1. The minimum absolute atomic E-state index is 0.721. The van der Waals surface area contributed by atoms with Crippen LogP contribution in [0.5, 0.6) is 0 Å². The normalized spacial score (nSPS) is 15.7. The van der Waals surface area contributed by atoms with Gasteiger partial charge in [0, 0.05) is 6.08 Å². The quantitative estimate of drug-likeness (QED) is 0.243. The molecule has 0 amide bonds. The predicted octanol–water partition coefficient (Wildman–Crippen LogP) is 6.02. The molecule has 0 aromatic rings. The topological polar surface area (TPSA) is 26.3 Å². The van der Waals surface area contributed by atoms with E-state index in [1.165, 1.54) is 0 Å². The van der Waals surface area contributed by atoms with Crippen molar-refractivity contribution in [2.75, 3.05) is 0 Å². The third-order valence-electron chi connectivity index (χ3n) is 3.54. The molecule has 0 unspecified atom stereocenters. The fourth-order valence-electron chi connectivity index (χ4n) is 1.98. The minimum Gasteiger partial charge on any atom is -0.446 e. The van der Waals surface area contributed by atoms with Crippen LogP contribution in [-0.4, -0.2) is 60.0 Å². The highest BCUT2D eigenvalue weighted by molar-refractivity contribution is 5.81. The molecular weight excluding hydrogens is 518 g/mol. The van der Waals surface area contributed by atoms with Gasteiger partial charge in [-0.25, -0.2) is 13.6 Å². The molecule has 0 bridgehead atoms. The zero-order chi connectivity index (χ0) is 26.6. The van der Waals surface area contributed by atoms with Crippen LogP contribution in [0.2, 0.25) is 0 Å². The first-order valence-corrected chi connectivity index (χ1v) is 6.82. The monoisotopic (exact) mass is 522 g/mol. The van der Waals surface area contributed by atoms with E-state index in [1.54, 1.807) is 0 Å². The van der Waals surface area contributed by atoms with Crippen LogP contribution in [0.15, 0.2) is 12.7 Å². The van der Waals surface area contributed by atoms with Crippen molar-refractivity contribution < 1.29 is 88.6 Å². The molecule has 0 heterocycles. The molecule has 0 saturated heterocycles. The van der Waals surface area contributed by atoms with E-state index >= 15 is 0 Å². The van der Waals surface area contributed by atoms with Crippen LogP contribution in [0.4, 0.5) is 79.0 Å². The molecule has 0 aliphatic heterocycles. The molecule has 2 nitrogen and oxygen atoms in total. The van der Waals surface area contributed by atoms with E-state index in [1.807, 2.05) is 0 Å². The smallest absolute Gasteiger partial charge is 0.437 e. The summed E-state index contributed by atoms with van der Waals surface area (Å²) in [5.74, 6) is -19.6. The molecular formula is C12H4F18O2. The van der Waals surface area contributed by atoms with Crippen molar-refractivity contribution in [2.45, 2.75) is 54.0 Å². The summed E-state index contributed by atoms with van der Waals surface area (Å²) in [7, 11) is 0. The van der Waals surface area contributed by atoms with Gasteiger partial charge in [-0.05, 0) is 0 Å². The zero-order valence-electron chi connectivity index (χ0n) is 14.0. The maximum Gasteiger partial charge on any atom is 0.437 e. The Morgan fingerprint density at radius 3 is 0.938 bits per heavy atom. The van der Waals surface area contributed by atoms with Gasteiger partial charge in [0.05, 0.1) is 0 Å². The summed E-state index contributed by atoms with van der Waals surface area (Å²) in [4.78, 5) is 10.8. The van der Waals surface area contributed by atoms with Crippen molar-refractivity contribution in [3.05, 3.63) is 12.7 Å². The average molecular weight is 522 g/mol. The van der Waals surface area contributed by atoms with Crippen LogP contribution in [0, 0.1) is 0 Å². The van der Waals surface area contributed by atoms with Gasteiger partial charge in [0.15, 0.2) is 0 Å². The first-order valence-electron chi connectivity index (χ1n) is 6.82. The summed E-state index contributed by atoms with van der Waals surface area (Å²) in [6.07, 6.45) is -39.7. The average Bonchev–Trinajstić information content (AvgIpc) is 2.52. The van der Waals surface area contributed by atoms with E-state index < -0.39 is 66.0 Å². The molecule has 20 heteroatoms. The van der Waals surface area contributed by atoms with E-state index in [4.69, 9.17) is 0 Å². The van der Waals surface area contributed by atoms with Crippen LogP contribution < -0.4 is 0 Å². The van der Waals surface area contributed by atoms with Gasteiger partial charge in [0.1, 0.15) is 0 Å². The SMILES string of the molecule is C=CC(=O)OC(C(F)(F)C(F)(C(F)(F)F)C(F)(F)F)C(F)(F)C(F)(C(F)(F)F)C(F)(F)F. The highest BCUT2D eigenvalue weighted by atomic mass is 19.4. The maximum atomic E-state index is 13.9. The number of rotatable bonds is 6. The molecule has 0 spiro atoms. The minimum atomic E-state index is -8.37. The third-order valence-corrected chi connectivity index (χ3v) is 3.54. The lowest BCUT2D eigenvalue weighted by atomic mass is 9.82. The molecule has 190 valence electrons. The van der Waals surface area contributed by atoms with Crippen LogP contribution in [0.3, 0.4) is 0 Å². The lowest BCUT2D eigenvalue weighted by Crippen LogP contribution is -2.77. The summed E-state index contributed by atoms with van der Waals surface area (Å²) >= 11 is 0. The highest BCUT2D eigenvalue weighted by Gasteiger charge is 2.94. The fourth-order valence-corrected chi connectivity index (χ4v) is 1.98. The largest absolute Gasteiger partial charge is 0.446 e. The molecule has 0 saturated carbocycles. The van der Waals surface area contributed by atoms with Gasteiger partial charge in [-0.2, -0.15) is 70.2 Å².